The molecule has 2 unspecified atom stereocenters. The summed E-state index contributed by atoms with van der Waals surface area (Å²) in [6, 6.07) is 0. The number of carbonyl (C=O) groups is 1. The molecule has 0 saturated heterocycles. The summed E-state index contributed by atoms with van der Waals surface area (Å²) in [5.41, 5.74) is 7.14. The molecule has 0 spiro atoms. The van der Waals surface area contributed by atoms with Crippen molar-refractivity contribution in [2.24, 2.45) is 11.7 Å². The number of aryl methyl sites for hydroxylation is 1. The van der Waals surface area contributed by atoms with Gasteiger partial charge in [0.15, 0.2) is 0 Å². The number of hydrogen-bond acceptors (Lipinski definition) is 4. The van der Waals surface area contributed by atoms with Gasteiger partial charge in [0.2, 0.25) is 5.91 Å². The van der Waals surface area contributed by atoms with E-state index in [1.165, 1.54) is 0 Å². The second kappa shape index (κ2) is 5.65. The highest BCUT2D eigenvalue weighted by Crippen LogP contribution is 2.30. The Kier molecular flexibility index (Phi) is 4.14. The predicted octanol–water partition coefficient (Wildman–Crippen LogP) is 1.31. The summed E-state index contributed by atoms with van der Waals surface area (Å²) in [5.74, 6) is 0.449. The summed E-state index contributed by atoms with van der Waals surface area (Å²) in [5, 5.41) is 2.88. The summed E-state index contributed by atoms with van der Waals surface area (Å²) >= 11 is 0. The van der Waals surface area contributed by atoms with Gasteiger partial charge in [-0.05, 0) is 25.7 Å². The standard InChI is InChI=1S/C14H22N4O/c1-10-4-3-5-14(15,6-10)13(19)18-9-12-8-16-11(2)7-17-12/h7-8,10H,3-6,9,15H2,1-2H3,(H,18,19). The second-order valence-electron chi connectivity index (χ2n) is 5.69. The van der Waals surface area contributed by atoms with Crippen LogP contribution in [0, 0.1) is 12.8 Å². The largest absolute Gasteiger partial charge is 0.349 e. The molecule has 0 aromatic carbocycles. The smallest absolute Gasteiger partial charge is 0.240 e. The summed E-state index contributed by atoms with van der Waals surface area (Å²) in [6.07, 6.45) is 7.09. The van der Waals surface area contributed by atoms with Crippen LogP contribution in [0.2, 0.25) is 0 Å². The molecule has 1 aromatic rings. The first-order chi connectivity index (χ1) is 8.99. The van der Waals surface area contributed by atoms with E-state index in [1.54, 1.807) is 12.4 Å². The molecule has 2 atom stereocenters. The van der Waals surface area contributed by atoms with E-state index in [1.807, 2.05) is 6.92 Å². The minimum atomic E-state index is -0.713. The van der Waals surface area contributed by atoms with Crippen molar-refractivity contribution in [2.45, 2.75) is 51.6 Å². The van der Waals surface area contributed by atoms with Crippen LogP contribution in [0.15, 0.2) is 12.4 Å². The monoisotopic (exact) mass is 262 g/mol. The van der Waals surface area contributed by atoms with E-state index in [9.17, 15) is 4.79 Å². The molecule has 1 fully saturated rings. The molecule has 1 saturated carbocycles. The molecular formula is C14H22N4O. The van der Waals surface area contributed by atoms with Gasteiger partial charge in [0, 0.05) is 6.20 Å². The Morgan fingerprint density at radius 3 is 2.95 bits per heavy atom. The Labute approximate surface area is 114 Å². The summed E-state index contributed by atoms with van der Waals surface area (Å²) in [4.78, 5) is 20.6. The minimum Gasteiger partial charge on any atom is -0.349 e. The fourth-order valence-corrected chi connectivity index (χ4v) is 2.66. The van der Waals surface area contributed by atoms with Crippen LogP contribution in [-0.4, -0.2) is 21.4 Å². The van der Waals surface area contributed by atoms with E-state index in [0.29, 0.717) is 12.5 Å². The zero-order valence-electron chi connectivity index (χ0n) is 11.6. The number of rotatable bonds is 3. The van der Waals surface area contributed by atoms with Gasteiger partial charge in [-0.1, -0.05) is 19.8 Å². The van der Waals surface area contributed by atoms with Crippen molar-refractivity contribution in [1.29, 1.82) is 0 Å². The molecule has 19 heavy (non-hydrogen) atoms. The van der Waals surface area contributed by atoms with Crippen LogP contribution in [-0.2, 0) is 11.3 Å². The summed E-state index contributed by atoms with van der Waals surface area (Å²) in [6.45, 7) is 4.42. The highest BCUT2D eigenvalue weighted by molar-refractivity contribution is 5.86. The average molecular weight is 262 g/mol. The SMILES string of the molecule is Cc1cnc(CNC(=O)C2(N)CCCC(C)C2)cn1. The minimum absolute atomic E-state index is 0.0681. The van der Waals surface area contributed by atoms with E-state index in [-0.39, 0.29) is 5.91 Å². The number of nitrogens with one attached hydrogen (secondary N) is 1. The zero-order valence-corrected chi connectivity index (χ0v) is 11.6. The molecule has 1 aliphatic carbocycles. The highest BCUT2D eigenvalue weighted by Gasteiger charge is 2.37. The first kappa shape index (κ1) is 13.9. The number of hydrogen-bond donors (Lipinski definition) is 2. The highest BCUT2D eigenvalue weighted by atomic mass is 16.2. The third-order valence-corrected chi connectivity index (χ3v) is 3.75. The molecule has 5 heteroatoms. The molecule has 0 aliphatic heterocycles. The fourth-order valence-electron chi connectivity index (χ4n) is 2.66. The maximum atomic E-state index is 12.2. The van der Waals surface area contributed by atoms with E-state index in [2.05, 4.69) is 22.2 Å². The van der Waals surface area contributed by atoms with Gasteiger partial charge in [-0.3, -0.25) is 14.8 Å². The molecule has 3 N–H and O–H groups in total. The molecule has 1 aliphatic rings. The van der Waals surface area contributed by atoms with Crippen molar-refractivity contribution in [3.8, 4) is 0 Å². The molecular weight excluding hydrogens is 240 g/mol. The van der Waals surface area contributed by atoms with Crippen molar-refractivity contribution in [2.75, 3.05) is 0 Å². The van der Waals surface area contributed by atoms with E-state index in [0.717, 1.165) is 37.1 Å². The topological polar surface area (TPSA) is 80.9 Å². The van der Waals surface area contributed by atoms with Gasteiger partial charge in [0.1, 0.15) is 0 Å². The van der Waals surface area contributed by atoms with Crippen molar-refractivity contribution >= 4 is 5.91 Å². The lowest BCUT2D eigenvalue weighted by Crippen LogP contribution is -2.56. The number of amides is 1. The van der Waals surface area contributed by atoms with Gasteiger partial charge in [0.05, 0.1) is 29.7 Å². The Balaban J connectivity index is 1.91. The van der Waals surface area contributed by atoms with Crippen molar-refractivity contribution in [3.63, 3.8) is 0 Å². The predicted molar refractivity (Wildman–Crippen MR) is 73.2 cm³/mol. The lowest BCUT2D eigenvalue weighted by molar-refractivity contribution is -0.128. The molecule has 5 nitrogen and oxygen atoms in total. The first-order valence-electron chi connectivity index (χ1n) is 6.84. The third-order valence-electron chi connectivity index (χ3n) is 3.75. The maximum absolute atomic E-state index is 12.2. The van der Waals surface area contributed by atoms with Crippen LogP contribution < -0.4 is 11.1 Å². The molecule has 104 valence electrons. The van der Waals surface area contributed by atoms with Crippen LogP contribution in [0.4, 0.5) is 0 Å². The maximum Gasteiger partial charge on any atom is 0.240 e. The van der Waals surface area contributed by atoms with Crippen LogP contribution in [0.25, 0.3) is 0 Å². The van der Waals surface area contributed by atoms with E-state index < -0.39 is 5.54 Å². The lowest BCUT2D eigenvalue weighted by atomic mass is 9.76. The molecule has 1 aromatic heterocycles. The van der Waals surface area contributed by atoms with Gasteiger partial charge in [-0.2, -0.15) is 0 Å². The van der Waals surface area contributed by atoms with Crippen molar-refractivity contribution in [3.05, 3.63) is 23.8 Å². The Morgan fingerprint density at radius 2 is 2.32 bits per heavy atom. The third kappa shape index (κ3) is 3.50. The average Bonchev–Trinajstić information content (AvgIpc) is 2.37. The number of nitrogens with zero attached hydrogens (tertiary/aromatic N) is 2. The molecule has 2 rings (SSSR count). The van der Waals surface area contributed by atoms with Crippen LogP contribution in [0.1, 0.15) is 44.0 Å². The lowest BCUT2D eigenvalue weighted by Gasteiger charge is -2.35. The molecule has 0 radical (unpaired) electrons. The van der Waals surface area contributed by atoms with E-state index in [4.69, 9.17) is 5.73 Å². The molecule has 0 bridgehead atoms. The normalized spacial score (nSPS) is 27.0. The Hall–Kier alpha value is -1.49. The van der Waals surface area contributed by atoms with E-state index >= 15 is 0 Å². The molecule has 1 heterocycles. The number of aromatic nitrogens is 2. The van der Waals surface area contributed by atoms with Crippen LogP contribution >= 0.6 is 0 Å². The van der Waals surface area contributed by atoms with Gasteiger partial charge in [-0.25, -0.2) is 0 Å². The molecule has 1 amide bonds. The summed E-state index contributed by atoms with van der Waals surface area (Å²) < 4.78 is 0. The fraction of sp³-hybridized carbons (Fsp3) is 0.643. The van der Waals surface area contributed by atoms with Crippen molar-refractivity contribution < 1.29 is 4.79 Å². The number of carbonyl (C=O) groups excluding carboxylic acids is 1. The second-order valence-corrected chi connectivity index (χ2v) is 5.69. The Morgan fingerprint density at radius 1 is 1.53 bits per heavy atom. The van der Waals surface area contributed by atoms with Crippen molar-refractivity contribution in [1.82, 2.24) is 15.3 Å². The van der Waals surface area contributed by atoms with Gasteiger partial charge >= 0.3 is 0 Å². The van der Waals surface area contributed by atoms with Gasteiger partial charge < -0.3 is 11.1 Å². The summed E-state index contributed by atoms with van der Waals surface area (Å²) in [7, 11) is 0. The Bertz CT molecular complexity index is 445. The van der Waals surface area contributed by atoms with Gasteiger partial charge in [-0.15, -0.1) is 0 Å². The van der Waals surface area contributed by atoms with Crippen LogP contribution in [0.5, 0.6) is 0 Å². The van der Waals surface area contributed by atoms with Crippen LogP contribution in [0.3, 0.4) is 0 Å². The zero-order chi connectivity index (χ0) is 13.9. The quantitative estimate of drug-likeness (QED) is 0.860. The number of nitrogens with two attached hydrogens (primary N) is 1. The van der Waals surface area contributed by atoms with Gasteiger partial charge in [0.25, 0.3) is 0 Å². The first-order valence-corrected chi connectivity index (χ1v) is 6.84.